The van der Waals surface area contributed by atoms with E-state index in [1.807, 2.05) is 38.1 Å². The van der Waals surface area contributed by atoms with E-state index in [1.165, 1.54) is 0 Å². The minimum absolute atomic E-state index is 0.471. The summed E-state index contributed by atoms with van der Waals surface area (Å²) in [4.78, 5) is 8.94. The van der Waals surface area contributed by atoms with Gasteiger partial charge in [-0.3, -0.25) is 0 Å². The summed E-state index contributed by atoms with van der Waals surface area (Å²) in [6.45, 7) is 4.38. The molecule has 0 aliphatic heterocycles. The van der Waals surface area contributed by atoms with Gasteiger partial charge in [0.25, 0.3) is 0 Å². The van der Waals surface area contributed by atoms with Gasteiger partial charge in [-0.25, -0.2) is 9.97 Å². The van der Waals surface area contributed by atoms with E-state index in [0.717, 1.165) is 22.5 Å². The lowest BCUT2D eigenvalue weighted by Gasteiger charge is -2.09. The van der Waals surface area contributed by atoms with E-state index < -0.39 is 0 Å². The monoisotopic (exact) mass is 247 g/mol. The number of rotatable bonds is 2. The quantitative estimate of drug-likeness (QED) is 0.888. The highest BCUT2D eigenvalue weighted by Crippen LogP contribution is 2.20. The van der Waals surface area contributed by atoms with E-state index in [0.29, 0.717) is 17.4 Å². The van der Waals surface area contributed by atoms with Crippen LogP contribution in [0.15, 0.2) is 24.3 Å². The van der Waals surface area contributed by atoms with Crippen molar-refractivity contribution in [3.05, 3.63) is 46.2 Å². The molecule has 1 aromatic carbocycles. The molecule has 0 amide bonds. The van der Waals surface area contributed by atoms with Crippen molar-refractivity contribution in [1.82, 2.24) is 9.97 Å². The van der Waals surface area contributed by atoms with Crippen LogP contribution in [0.5, 0.6) is 0 Å². The fraction of sp³-hybridized carbons (Fsp3) is 0.231. The fourth-order valence-corrected chi connectivity index (χ4v) is 1.89. The Balaban J connectivity index is 2.50. The van der Waals surface area contributed by atoms with Gasteiger partial charge in [-0.2, -0.15) is 0 Å². The molecular weight excluding hydrogens is 234 g/mol. The van der Waals surface area contributed by atoms with Gasteiger partial charge >= 0.3 is 0 Å². The van der Waals surface area contributed by atoms with Crippen molar-refractivity contribution in [1.29, 1.82) is 0 Å². The Kier molecular flexibility index (Phi) is 3.41. The van der Waals surface area contributed by atoms with E-state index >= 15 is 0 Å². The van der Waals surface area contributed by atoms with Gasteiger partial charge in [0, 0.05) is 34.1 Å². The van der Waals surface area contributed by atoms with Crippen LogP contribution in [0.4, 0.5) is 0 Å². The molecule has 0 radical (unpaired) electrons. The Labute approximate surface area is 106 Å². The molecule has 0 atom stereocenters. The molecule has 0 saturated heterocycles. The van der Waals surface area contributed by atoms with Crippen LogP contribution in [0.25, 0.3) is 11.4 Å². The molecule has 17 heavy (non-hydrogen) atoms. The number of hydrogen-bond donors (Lipinski definition) is 1. The van der Waals surface area contributed by atoms with Crippen LogP contribution < -0.4 is 5.73 Å². The highest BCUT2D eigenvalue weighted by atomic mass is 35.5. The third-order valence-corrected chi connectivity index (χ3v) is 2.98. The van der Waals surface area contributed by atoms with Crippen LogP contribution >= 0.6 is 11.6 Å². The normalized spacial score (nSPS) is 10.6. The van der Waals surface area contributed by atoms with Gasteiger partial charge in [0.1, 0.15) is 0 Å². The maximum absolute atomic E-state index is 5.85. The Morgan fingerprint density at radius 3 is 2.06 bits per heavy atom. The number of hydrogen-bond acceptors (Lipinski definition) is 3. The topological polar surface area (TPSA) is 51.8 Å². The molecule has 2 rings (SSSR count). The van der Waals surface area contributed by atoms with Gasteiger partial charge in [-0.15, -0.1) is 0 Å². The second kappa shape index (κ2) is 4.82. The minimum Gasteiger partial charge on any atom is -0.326 e. The molecule has 0 saturated carbocycles. The lowest BCUT2D eigenvalue weighted by atomic mass is 10.1. The lowest BCUT2D eigenvalue weighted by Crippen LogP contribution is -2.07. The van der Waals surface area contributed by atoms with E-state index in [1.54, 1.807) is 0 Å². The minimum atomic E-state index is 0.471. The summed E-state index contributed by atoms with van der Waals surface area (Å²) < 4.78 is 0. The summed E-state index contributed by atoms with van der Waals surface area (Å²) >= 11 is 5.85. The van der Waals surface area contributed by atoms with Crippen LogP contribution in [-0.2, 0) is 6.54 Å². The number of aryl methyl sites for hydroxylation is 2. The SMILES string of the molecule is Cc1nc(-c2ccc(Cl)cc2)nc(C)c1CN. The summed E-state index contributed by atoms with van der Waals surface area (Å²) in [5.74, 6) is 0.717. The molecule has 0 fully saturated rings. The van der Waals surface area contributed by atoms with Crippen molar-refractivity contribution in [3.8, 4) is 11.4 Å². The number of nitrogens with zero attached hydrogens (tertiary/aromatic N) is 2. The Morgan fingerprint density at radius 2 is 1.59 bits per heavy atom. The summed E-state index contributed by atoms with van der Waals surface area (Å²) in [5.41, 5.74) is 9.51. The standard InChI is InChI=1S/C13H14ClN3/c1-8-12(7-15)9(2)17-13(16-8)10-3-5-11(14)6-4-10/h3-6H,7,15H2,1-2H3. The zero-order chi connectivity index (χ0) is 12.4. The highest BCUT2D eigenvalue weighted by Gasteiger charge is 2.08. The van der Waals surface area contributed by atoms with Crippen molar-refractivity contribution in [2.45, 2.75) is 20.4 Å². The van der Waals surface area contributed by atoms with Gasteiger partial charge in [-0.05, 0) is 38.1 Å². The predicted octanol–water partition coefficient (Wildman–Crippen LogP) is 2.87. The summed E-state index contributed by atoms with van der Waals surface area (Å²) in [5, 5.41) is 0.709. The smallest absolute Gasteiger partial charge is 0.159 e. The summed E-state index contributed by atoms with van der Waals surface area (Å²) in [7, 11) is 0. The molecule has 2 N–H and O–H groups in total. The zero-order valence-electron chi connectivity index (χ0n) is 9.87. The predicted molar refractivity (Wildman–Crippen MR) is 69.8 cm³/mol. The van der Waals surface area contributed by atoms with Crippen molar-refractivity contribution < 1.29 is 0 Å². The largest absolute Gasteiger partial charge is 0.326 e. The average Bonchev–Trinajstić information content (AvgIpc) is 2.29. The maximum atomic E-state index is 5.85. The van der Waals surface area contributed by atoms with Crippen molar-refractivity contribution in [3.63, 3.8) is 0 Å². The third-order valence-electron chi connectivity index (χ3n) is 2.73. The molecule has 2 aromatic rings. The first-order valence-electron chi connectivity index (χ1n) is 5.42. The molecular formula is C13H14ClN3. The van der Waals surface area contributed by atoms with E-state index in [4.69, 9.17) is 17.3 Å². The average molecular weight is 248 g/mol. The number of nitrogens with two attached hydrogens (primary N) is 1. The van der Waals surface area contributed by atoms with Gasteiger partial charge < -0.3 is 5.73 Å². The van der Waals surface area contributed by atoms with Crippen molar-refractivity contribution in [2.75, 3.05) is 0 Å². The molecule has 3 nitrogen and oxygen atoms in total. The summed E-state index contributed by atoms with van der Waals surface area (Å²) in [6.07, 6.45) is 0. The van der Waals surface area contributed by atoms with Gasteiger partial charge in [0.15, 0.2) is 5.82 Å². The summed E-state index contributed by atoms with van der Waals surface area (Å²) in [6, 6.07) is 7.50. The first kappa shape index (κ1) is 12.0. The van der Waals surface area contributed by atoms with E-state index in [-0.39, 0.29) is 0 Å². The van der Waals surface area contributed by atoms with E-state index in [9.17, 15) is 0 Å². The molecule has 88 valence electrons. The Morgan fingerprint density at radius 1 is 1.06 bits per heavy atom. The first-order chi connectivity index (χ1) is 8.11. The molecule has 0 bridgehead atoms. The second-order valence-corrected chi connectivity index (χ2v) is 4.34. The Hall–Kier alpha value is -1.45. The second-order valence-electron chi connectivity index (χ2n) is 3.91. The number of aromatic nitrogens is 2. The Bertz CT molecular complexity index is 512. The first-order valence-corrected chi connectivity index (χ1v) is 5.79. The molecule has 4 heteroatoms. The van der Waals surface area contributed by atoms with Gasteiger partial charge in [-0.1, -0.05) is 11.6 Å². The number of halogens is 1. The molecule has 0 unspecified atom stereocenters. The molecule has 1 heterocycles. The molecule has 1 aromatic heterocycles. The molecule has 0 aliphatic rings. The number of benzene rings is 1. The van der Waals surface area contributed by atoms with Crippen LogP contribution in [0, 0.1) is 13.8 Å². The molecule has 0 spiro atoms. The highest BCUT2D eigenvalue weighted by molar-refractivity contribution is 6.30. The van der Waals surface area contributed by atoms with Crippen LogP contribution in [-0.4, -0.2) is 9.97 Å². The van der Waals surface area contributed by atoms with Gasteiger partial charge in [0.2, 0.25) is 0 Å². The van der Waals surface area contributed by atoms with E-state index in [2.05, 4.69) is 9.97 Å². The van der Waals surface area contributed by atoms with Gasteiger partial charge in [0.05, 0.1) is 0 Å². The van der Waals surface area contributed by atoms with Crippen LogP contribution in [0.1, 0.15) is 17.0 Å². The molecule has 0 aliphatic carbocycles. The fourth-order valence-electron chi connectivity index (χ4n) is 1.76. The van der Waals surface area contributed by atoms with Crippen molar-refractivity contribution in [2.24, 2.45) is 5.73 Å². The lowest BCUT2D eigenvalue weighted by molar-refractivity contribution is 0.939. The van der Waals surface area contributed by atoms with Crippen LogP contribution in [0.2, 0.25) is 5.02 Å². The maximum Gasteiger partial charge on any atom is 0.159 e. The van der Waals surface area contributed by atoms with Crippen molar-refractivity contribution >= 4 is 11.6 Å². The zero-order valence-corrected chi connectivity index (χ0v) is 10.6. The third kappa shape index (κ3) is 2.46. The van der Waals surface area contributed by atoms with Crippen LogP contribution in [0.3, 0.4) is 0 Å².